The SMILES string of the molecule is CC(=O)c1nn(CC(=O)N2[C@H](C(=O)Nc3nc(Br)ccc3C)C[C@@]3(C)C[C@@H]23)c2c3cc(cc12)NCCCC1=CN(CCCC3)NN1. The van der Waals surface area contributed by atoms with Gasteiger partial charge in [0.1, 0.15) is 28.7 Å². The Morgan fingerprint density at radius 2 is 1.98 bits per heavy atom. The van der Waals surface area contributed by atoms with Crippen LogP contribution in [0.25, 0.3) is 10.9 Å². The van der Waals surface area contributed by atoms with Crippen molar-refractivity contribution >= 4 is 55.9 Å². The Hall–Kier alpha value is -3.97. The van der Waals surface area contributed by atoms with E-state index in [2.05, 4.69) is 66.7 Å². The zero-order valence-corrected chi connectivity index (χ0v) is 28.0. The minimum atomic E-state index is -0.609. The van der Waals surface area contributed by atoms with Crippen molar-refractivity contribution in [2.45, 2.75) is 84.3 Å². The molecule has 12 nitrogen and oxygen atoms in total. The van der Waals surface area contributed by atoms with Crippen LogP contribution in [0, 0.1) is 12.3 Å². The number of allylic oxidation sites excluding steroid dienone is 1. The highest BCUT2D eigenvalue weighted by atomic mass is 79.9. The maximum atomic E-state index is 14.2. The van der Waals surface area contributed by atoms with Crippen LogP contribution in [0.3, 0.4) is 0 Å². The molecule has 3 aliphatic heterocycles. The van der Waals surface area contributed by atoms with Crippen LogP contribution in [-0.2, 0) is 22.6 Å². The number of fused-ring (bicyclic) bond motifs is 6. The minimum absolute atomic E-state index is 0.00138. The van der Waals surface area contributed by atoms with Crippen LogP contribution in [0.15, 0.2) is 40.8 Å². The van der Waals surface area contributed by atoms with E-state index in [0.717, 1.165) is 79.3 Å². The van der Waals surface area contributed by atoms with E-state index in [9.17, 15) is 14.4 Å². The topological polar surface area (TPSA) is 137 Å². The summed E-state index contributed by atoms with van der Waals surface area (Å²) in [6, 6.07) is 7.24. The third-order valence-corrected chi connectivity index (χ3v) is 10.2. The summed E-state index contributed by atoms with van der Waals surface area (Å²) in [4.78, 5) is 46.9. The van der Waals surface area contributed by atoms with Gasteiger partial charge in [-0.2, -0.15) is 5.10 Å². The van der Waals surface area contributed by atoms with Crippen LogP contribution in [0.2, 0.25) is 0 Å². The summed E-state index contributed by atoms with van der Waals surface area (Å²) in [7, 11) is 0. The summed E-state index contributed by atoms with van der Waals surface area (Å²) in [6.07, 6.45) is 8.11. The Labute approximate surface area is 276 Å². The van der Waals surface area contributed by atoms with Crippen molar-refractivity contribution in [3.8, 4) is 0 Å². The fourth-order valence-electron chi connectivity index (χ4n) is 7.23. The summed E-state index contributed by atoms with van der Waals surface area (Å²) in [5, 5.41) is 14.1. The molecule has 3 atom stereocenters. The molecule has 4 aliphatic rings. The fourth-order valence-corrected chi connectivity index (χ4v) is 7.54. The molecular formula is C33H40BrN9O3. The van der Waals surface area contributed by atoms with Gasteiger partial charge in [-0.05, 0) is 103 Å². The molecule has 1 saturated heterocycles. The number of hydrogen-bond donors (Lipinski definition) is 4. The van der Waals surface area contributed by atoms with Gasteiger partial charge in [-0.15, -0.1) is 5.53 Å². The molecule has 13 heteroatoms. The molecular weight excluding hydrogens is 650 g/mol. The maximum Gasteiger partial charge on any atom is 0.248 e. The Balaban J connectivity index is 1.18. The highest BCUT2D eigenvalue weighted by Crippen LogP contribution is 2.59. The molecule has 0 radical (unpaired) electrons. The first-order valence-electron chi connectivity index (χ1n) is 16.1. The molecule has 2 aromatic heterocycles. The molecule has 2 fully saturated rings. The molecule has 3 aromatic rings. The maximum absolute atomic E-state index is 14.2. The molecule has 1 saturated carbocycles. The van der Waals surface area contributed by atoms with Gasteiger partial charge < -0.3 is 21.0 Å². The number of aryl methyl sites for hydroxylation is 2. The minimum Gasteiger partial charge on any atom is -0.385 e. The monoisotopic (exact) mass is 689 g/mol. The number of aromatic nitrogens is 3. The van der Waals surface area contributed by atoms with Gasteiger partial charge in [0.25, 0.3) is 0 Å². The second-order valence-electron chi connectivity index (χ2n) is 13.3. The number of piperidine rings is 1. The smallest absolute Gasteiger partial charge is 0.248 e. The summed E-state index contributed by atoms with van der Waals surface area (Å²) in [5.41, 5.74) is 11.6. The molecule has 4 N–H and O–H groups in total. The van der Waals surface area contributed by atoms with Gasteiger partial charge in [-0.1, -0.05) is 13.0 Å². The van der Waals surface area contributed by atoms with Crippen molar-refractivity contribution in [1.29, 1.82) is 0 Å². The number of ketones is 1. The molecule has 2 amide bonds. The number of carbonyl (C=O) groups is 3. The number of likely N-dealkylation sites (tertiary alicyclic amines) is 1. The van der Waals surface area contributed by atoms with Crippen LogP contribution in [0.1, 0.15) is 74.0 Å². The summed E-state index contributed by atoms with van der Waals surface area (Å²) >= 11 is 3.38. The standard InChI is InChI=1S/C33H40BrN9O3/c1-19-9-10-27(34)36-31(19)37-32(46)25-15-33(3)16-26(33)43(25)28(45)18-42-30-21-7-4-5-12-41-17-22(38-40-41)8-6-11-35-23(13-21)14-24(30)29(39-42)20(2)44/h9-10,13-14,17,25-26,35,38,40H,4-8,11-12,15-16,18H2,1-3H3,(H,36,37,46)/t25-,26+,33-/m0/s1. The largest absolute Gasteiger partial charge is 0.385 e. The van der Waals surface area contributed by atoms with Crippen LogP contribution in [-0.4, -0.2) is 67.4 Å². The van der Waals surface area contributed by atoms with Gasteiger partial charge in [-0.25, -0.2) is 4.98 Å². The lowest BCUT2D eigenvalue weighted by Crippen LogP contribution is -2.47. The lowest BCUT2D eigenvalue weighted by molar-refractivity contribution is -0.138. The van der Waals surface area contributed by atoms with Gasteiger partial charge in [0.2, 0.25) is 11.8 Å². The van der Waals surface area contributed by atoms with E-state index in [4.69, 9.17) is 5.10 Å². The zero-order valence-electron chi connectivity index (χ0n) is 26.5. The summed E-state index contributed by atoms with van der Waals surface area (Å²) < 4.78 is 2.33. The summed E-state index contributed by atoms with van der Waals surface area (Å²) in [6.45, 7) is 7.14. The predicted molar refractivity (Wildman–Crippen MR) is 179 cm³/mol. The van der Waals surface area contributed by atoms with Crippen molar-refractivity contribution in [2.75, 3.05) is 23.7 Å². The molecule has 0 unspecified atom stereocenters. The number of anilines is 2. The van der Waals surface area contributed by atoms with E-state index in [1.54, 1.807) is 9.58 Å². The first kappa shape index (κ1) is 30.7. The van der Waals surface area contributed by atoms with Crippen molar-refractivity contribution in [3.63, 3.8) is 0 Å². The summed E-state index contributed by atoms with van der Waals surface area (Å²) in [5.74, 6) is -0.0723. The number of rotatable bonds is 5. The lowest BCUT2D eigenvalue weighted by atomic mass is 10.0. The van der Waals surface area contributed by atoms with Crippen LogP contribution >= 0.6 is 15.9 Å². The van der Waals surface area contributed by atoms with Gasteiger partial charge in [0, 0.05) is 49.0 Å². The van der Waals surface area contributed by atoms with Crippen LogP contribution in [0.5, 0.6) is 0 Å². The molecule has 242 valence electrons. The highest BCUT2D eigenvalue weighted by Gasteiger charge is 2.64. The highest BCUT2D eigenvalue weighted by molar-refractivity contribution is 9.10. The van der Waals surface area contributed by atoms with E-state index in [-0.39, 0.29) is 35.6 Å². The quantitative estimate of drug-likeness (QED) is 0.227. The number of nitrogens with zero attached hydrogens (tertiary/aromatic N) is 5. The van der Waals surface area contributed by atoms with Crippen LogP contribution in [0.4, 0.5) is 11.5 Å². The van der Waals surface area contributed by atoms with E-state index in [1.807, 2.05) is 25.1 Å². The molecule has 5 heterocycles. The van der Waals surface area contributed by atoms with Crippen LogP contribution < -0.4 is 21.6 Å². The van der Waals surface area contributed by atoms with E-state index >= 15 is 0 Å². The number of benzene rings is 1. The zero-order chi connectivity index (χ0) is 32.2. The number of amides is 2. The normalized spacial score (nSPS) is 24.0. The Morgan fingerprint density at radius 3 is 2.80 bits per heavy atom. The second kappa shape index (κ2) is 12.0. The van der Waals surface area contributed by atoms with Gasteiger partial charge in [0.15, 0.2) is 5.78 Å². The predicted octanol–water partition coefficient (Wildman–Crippen LogP) is 4.42. The first-order valence-corrected chi connectivity index (χ1v) is 16.9. The Morgan fingerprint density at radius 1 is 1.13 bits per heavy atom. The second-order valence-corrected chi connectivity index (χ2v) is 14.2. The van der Waals surface area contributed by atoms with Gasteiger partial charge in [-0.3, -0.25) is 24.1 Å². The van der Waals surface area contributed by atoms with E-state index < -0.39 is 6.04 Å². The molecule has 4 bridgehead atoms. The van der Waals surface area contributed by atoms with Crippen molar-refractivity contribution in [3.05, 3.63) is 57.6 Å². The Bertz CT molecular complexity index is 1770. The van der Waals surface area contributed by atoms with Crippen molar-refractivity contribution in [1.82, 2.24) is 35.6 Å². The van der Waals surface area contributed by atoms with E-state index in [1.165, 1.54) is 12.6 Å². The number of carbonyl (C=O) groups excluding carboxylic acids is 3. The number of hydrogen-bond acceptors (Lipinski definition) is 9. The van der Waals surface area contributed by atoms with Gasteiger partial charge in [0.05, 0.1) is 5.52 Å². The average Bonchev–Trinajstić information content (AvgIpc) is 3.33. The molecule has 0 spiro atoms. The van der Waals surface area contributed by atoms with Crippen molar-refractivity contribution in [2.24, 2.45) is 5.41 Å². The number of Topliss-reactive ketones (excluding diaryl/α,β-unsaturated/α-hetero) is 1. The molecule has 1 aliphatic carbocycles. The first-order chi connectivity index (χ1) is 22.1. The van der Waals surface area contributed by atoms with Crippen molar-refractivity contribution < 1.29 is 14.4 Å². The fraction of sp³-hybridized carbons (Fsp3) is 0.485. The molecule has 46 heavy (non-hydrogen) atoms. The Kier molecular flexibility index (Phi) is 8.00. The number of halogens is 1. The number of pyridine rings is 1. The number of hydrazine groups is 2. The van der Waals surface area contributed by atoms with E-state index in [0.29, 0.717) is 22.5 Å². The molecule has 1 aromatic carbocycles. The third kappa shape index (κ3) is 5.86. The number of nitrogens with one attached hydrogen (secondary N) is 4. The van der Waals surface area contributed by atoms with Gasteiger partial charge >= 0.3 is 0 Å². The molecule has 7 rings (SSSR count). The average molecular weight is 691 g/mol. The lowest BCUT2D eigenvalue weighted by Gasteiger charge is -2.27. The third-order valence-electron chi connectivity index (χ3n) is 9.79.